The number of piperazine rings is 1. The number of nitrogens with one attached hydrogen (secondary N) is 1. The number of rotatable bonds is 7. The van der Waals surface area contributed by atoms with Gasteiger partial charge in [-0.05, 0) is 30.7 Å². The van der Waals surface area contributed by atoms with Crippen LogP contribution in [0.15, 0.2) is 30.3 Å². The Kier molecular flexibility index (Phi) is 8.57. The standard InChI is InChI=1S/C25H28ClF5N4O2/c26-17-2-4-20(21(13-17)35-11-9-33(10-12-35)8-6-25(29,30)31)32-24(37)19-3-1-16(22(27)23(19)28)14-34-7-5-18(36)15-34/h1-4,13,18,36H,5-12,14-15H2,(H,32,37)/t18-/m0/s1. The normalized spacial score (nSPS) is 19.4. The van der Waals surface area contributed by atoms with Crippen LogP contribution in [0.2, 0.25) is 5.02 Å². The van der Waals surface area contributed by atoms with E-state index in [-0.39, 0.29) is 18.7 Å². The molecule has 37 heavy (non-hydrogen) atoms. The summed E-state index contributed by atoms with van der Waals surface area (Å²) >= 11 is 6.16. The lowest BCUT2D eigenvalue weighted by molar-refractivity contribution is -0.138. The number of carbonyl (C=O) groups excluding carboxylic acids is 1. The number of aliphatic hydroxyl groups excluding tert-OH is 1. The third-order valence-corrected chi connectivity index (χ3v) is 6.92. The molecule has 2 aliphatic rings. The molecule has 2 heterocycles. The molecule has 2 N–H and O–H groups in total. The van der Waals surface area contributed by atoms with Gasteiger partial charge in [-0.2, -0.15) is 13.2 Å². The number of likely N-dealkylation sites (tertiary alicyclic amines) is 1. The van der Waals surface area contributed by atoms with Crippen LogP contribution in [0.4, 0.5) is 33.3 Å². The van der Waals surface area contributed by atoms with Crippen LogP contribution in [0, 0.1) is 11.6 Å². The predicted molar refractivity (Wildman–Crippen MR) is 131 cm³/mol. The van der Waals surface area contributed by atoms with E-state index < -0.39 is 41.8 Å². The lowest BCUT2D eigenvalue weighted by Crippen LogP contribution is -2.47. The van der Waals surface area contributed by atoms with Crippen molar-refractivity contribution in [2.45, 2.75) is 31.7 Å². The highest BCUT2D eigenvalue weighted by Crippen LogP contribution is 2.31. The Labute approximate surface area is 216 Å². The van der Waals surface area contributed by atoms with E-state index in [2.05, 4.69) is 5.32 Å². The molecule has 0 unspecified atom stereocenters. The van der Waals surface area contributed by atoms with Gasteiger partial charge in [0.25, 0.3) is 5.91 Å². The minimum atomic E-state index is -4.22. The molecule has 202 valence electrons. The Bertz CT molecular complexity index is 1120. The monoisotopic (exact) mass is 546 g/mol. The minimum Gasteiger partial charge on any atom is -0.392 e. The molecule has 6 nitrogen and oxygen atoms in total. The van der Waals surface area contributed by atoms with Crippen LogP contribution in [-0.2, 0) is 6.54 Å². The number of halogens is 6. The molecule has 0 saturated carbocycles. The molecule has 2 aromatic carbocycles. The Balaban J connectivity index is 1.44. The summed E-state index contributed by atoms with van der Waals surface area (Å²) in [5, 5.41) is 12.7. The molecule has 0 aromatic heterocycles. The van der Waals surface area contributed by atoms with Crippen LogP contribution >= 0.6 is 11.6 Å². The van der Waals surface area contributed by atoms with Gasteiger partial charge in [-0.1, -0.05) is 17.7 Å². The van der Waals surface area contributed by atoms with Crippen molar-refractivity contribution in [2.75, 3.05) is 56.0 Å². The van der Waals surface area contributed by atoms with Gasteiger partial charge < -0.3 is 15.3 Å². The van der Waals surface area contributed by atoms with E-state index in [1.54, 1.807) is 23.1 Å². The fourth-order valence-electron chi connectivity index (χ4n) is 4.64. The van der Waals surface area contributed by atoms with E-state index in [0.29, 0.717) is 62.1 Å². The van der Waals surface area contributed by atoms with E-state index in [9.17, 15) is 31.9 Å². The molecular weight excluding hydrogens is 519 g/mol. The molecule has 1 amide bonds. The van der Waals surface area contributed by atoms with Crippen molar-refractivity contribution in [3.05, 3.63) is 58.1 Å². The number of β-amino-alcohol motifs (C(OH)–C–C–N with tert-alkyl or cyclic N) is 1. The maximum absolute atomic E-state index is 14.9. The van der Waals surface area contributed by atoms with Gasteiger partial charge in [-0.15, -0.1) is 0 Å². The first-order valence-electron chi connectivity index (χ1n) is 12.0. The summed E-state index contributed by atoms with van der Waals surface area (Å²) in [6.45, 7) is 2.58. The molecule has 0 aliphatic carbocycles. The summed E-state index contributed by atoms with van der Waals surface area (Å²) in [6.07, 6.45) is -5.02. The lowest BCUT2D eigenvalue weighted by atomic mass is 10.1. The van der Waals surface area contributed by atoms with Gasteiger partial charge in [-0.3, -0.25) is 14.6 Å². The van der Waals surface area contributed by atoms with Gasteiger partial charge in [0.2, 0.25) is 0 Å². The number of alkyl halides is 3. The van der Waals surface area contributed by atoms with Crippen LogP contribution in [0.5, 0.6) is 0 Å². The Hall–Kier alpha value is -2.47. The average Bonchev–Trinajstić information content (AvgIpc) is 3.26. The van der Waals surface area contributed by atoms with Gasteiger partial charge in [-0.25, -0.2) is 8.78 Å². The summed E-state index contributed by atoms with van der Waals surface area (Å²) in [4.78, 5) is 18.3. The van der Waals surface area contributed by atoms with E-state index in [0.717, 1.165) is 0 Å². The van der Waals surface area contributed by atoms with Gasteiger partial charge in [0.05, 0.1) is 29.5 Å². The molecular formula is C25H28ClF5N4O2. The van der Waals surface area contributed by atoms with E-state index in [4.69, 9.17) is 11.6 Å². The molecule has 0 bridgehead atoms. The van der Waals surface area contributed by atoms with E-state index >= 15 is 0 Å². The maximum Gasteiger partial charge on any atom is 0.390 e. The molecule has 2 saturated heterocycles. The zero-order valence-electron chi connectivity index (χ0n) is 20.0. The third kappa shape index (κ3) is 7.10. The molecule has 2 aliphatic heterocycles. The second kappa shape index (κ2) is 11.5. The molecule has 4 rings (SSSR count). The Morgan fingerprint density at radius 3 is 2.41 bits per heavy atom. The zero-order valence-corrected chi connectivity index (χ0v) is 20.8. The van der Waals surface area contributed by atoms with Crippen LogP contribution in [0.1, 0.15) is 28.8 Å². The van der Waals surface area contributed by atoms with Crippen molar-refractivity contribution >= 4 is 28.9 Å². The van der Waals surface area contributed by atoms with Crippen LogP contribution in [-0.4, -0.2) is 78.9 Å². The van der Waals surface area contributed by atoms with Crippen LogP contribution < -0.4 is 10.2 Å². The van der Waals surface area contributed by atoms with Crippen molar-refractivity contribution in [3.8, 4) is 0 Å². The number of aliphatic hydroxyl groups is 1. The first-order valence-corrected chi connectivity index (χ1v) is 12.4. The molecule has 12 heteroatoms. The molecule has 0 spiro atoms. The smallest absolute Gasteiger partial charge is 0.390 e. The SMILES string of the molecule is O=C(Nc1ccc(Cl)cc1N1CCN(CCC(F)(F)F)CC1)c1ccc(CN2CC[C@H](O)C2)c(F)c1F. The molecule has 1 atom stereocenters. The predicted octanol–water partition coefficient (Wildman–Crippen LogP) is 4.51. The fraction of sp³-hybridized carbons (Fsp3) is 0.480. The Morgan fingerprint density at radius 2 is 1.76 bits per heavy atom. The number of carbonyl (C=O) groups is 1. The van der Waals surface area contributed by atoms with Crippen molar-refractivity contribution in [2.24, 2.45) is 0 Å². The molecule has 0 radical (unpaired) electrons. The highest BCUT2D eigenvalue weighted by Gasteiger charge is 2.29. The van der Waals surface area contributed by atoms with E-state index in [1.165, 1.54) is 12.1 Å². The highest BCUT2D eigenvalue weighted by atomic mass is 35.5. The zero-order chi connectivity index (χ0) is 26.7. The maximum atomic E-state index is 14.9. The minimum absolute atomic E-state index is 0.0876. The largest absolute Gasteiger partial charge is 0.392 e. The second-order valence-electron chi connectivity index (χ2n) is 9.39. The summed E-state index contributed by atoms with van der Waals surface area (Å²) < 4.78 is 67.2. The van der Waals surface area contributed by atoms with Gasteiger partial charge >= 0.3 is 6.18 Å². The van der Waals surface area contributed by atoms with Gasteiger partial charge in [0.1, 0.15) is 0 Å². The topological polar surface area (TPSA) is 59.1 Å². The average molecular weight is 547 g/mol. The first kappa shape index (κ1) is 27.6. The van der Waals surface area contributed by atoms with Crippen molar-refractivity contribution in [1.29, 1.82) is 0 Å². The molecule has 2 aromatic rings. The number of hydrogen-bond acceptors (Lipinski definition) is 5. The summed E-state index contributed by atoms with van der Waals surface area (Å²) in [6, 6.07) is 7.30. The van der Waals surface area contributed by atoms with Crippen molar-refractivity contribution in [1.82, 2.24) is 9.80 Å². The summed E-state index contributed by atoms with van der Waals surface area (Å²) in [5.41, 5.74) is 0.508. The van der Waals surface area contributed by atoms with E-state index in [1.807, 2.05) is 9.80 Å². The number of anilines is 2. The summed E-state index contributed by atoms with van der Waals surface area (Å²) in [7, 11) is 0. The first-order chi connectivity index (χ1) is 17.5. The highest BCUT2D eigenvalue weighted by molar-refractivity contribution is 6.31. The van der Waals surface area contributed by atoms with Crippen LogP contribution in [0.3, 0.4) is 0 Å². The lowest BCUT2D eigenvalue weighted by Gasteiger charge is -2.37. The van der Waals surface area contributed by atoms with Crippen molar-refractivity contribution in [3.63, 3.8) is 0 Å². The Morgan fingerprint density at radius 1 is 1.03 bits per heavy atom. The summed E-state index contributed by atoms with van der Waals surface area (Å²) in [5.74, 6) is -3.21. The number of benzene rings is 2. The van der Waals surface area contributed by atoms with Crippen LogP contribution in [0.25, 0.3) is 0 Å². The third-order valence-electron chi connectivity index (χ3n) is 6.68. The molecule has 2 fully saturated rings. The fourth-order valence-corrected chi connectivity index (χ4v) is 4.81. The second-order valence-corrected chi connectivity index (χ2v) is 9.82. The van der Waals surface area contributed by atoms with Crippen molar-refractivity contribution < 1.29 is 31.9 Å². The number of nitrogens with zero attached hydrogens (tertiary/aromatic N) is 3. The number of amides is 1. The van der Waals surface area contributed by atoms with Gasteiger partial charge in [0.15, 0.2) is 11.6 Å². The quantitative estimate of drug-likeness (QED) is 0.501. The van der Waals surface area contributed by atoms with Gasteiger partial charge in [0, 0.05) is 62.9 Å². The number of hydrogen-bond donors (Lipinski definition) is 2.